The molecule has 0 atom stereocenters. The van der Waals surface area contributed by atoms with Gasteiger partial charge in [-0.25, -0.2) is 0 Å². The molecule has 0 fully saturated rings. The van der Waals surface area contributed by atoms with Crippen LogP contribution in [0.25, 0.3) is 0 Å². The zero-order chi connectivity index (χ0) is 14.9. The molecule has 0 rings (SSSR count). The predicted octanol–water partition coefficient (Wildman–Crippen LogP) is 5.88. The Morgan fingerprint density at radius 3 is 1.90 bits per heavy atom. The molecule has 21 heavy (non-hydrogen) atoms. The molecule has 2 nitrogen and oxygen atoms in total. The van der Waals surface area contributed by atoms with Gasteiger partial charge in [0.05, 0.1) is 0 Å². The molecular weight excluding hydrogens is 296 g/mol. The fourth-order valence-electron chi connectivity index (χ4n) is 2.09. The van der Waals surface area contributed by atoms with Gasteiger partial charge in [0.25, 0.3) is 0 Å². The van der Waals surface area contributed by atoms with E-state index < -0.39 is 5.97 Å². The summed E-state index contributed by atoms with van der Waals surface area (Å²) in [4.78, 5) is 10.3. The van der Waals surface area contributed by atoms with E-state index in [-0.39, 0.29) is 21.7 Å². The Morgan fingerprint density at radius 1 is 0.810 bits per heavy atom. The third-order valence-electron chi connectivity index (χ3n) is 3.34. The van der Waals surface area contributed by atoms with Crippen molar-refractivity contribution >= 4 is 5.97 Å². The molecule has 0 aliphatic carbocycles. The van der Waals surface area contributed by atoms with Crippen molar-refractivity contribution in [3.05, 3.63) is 24.3 Å². The van der Waals surface area contributed by atoms with E-state index in [2.05, 4.69) is 31.2 Å². The van der Waals surface area contributed by atoms with Crippen molar-refractivity contribution in [1.29, 1.82) is 0 Å². The number of allylic oxidation sites excluding steroid dienone is 4. The monoisotopic (exact) mass is 328 g/mol. The minimum atomic E-state index is -0.671. The topological polar surface area (TPSA) is 37.3 Å². The summed E-state index contributed by atoms with van der Waals surface area (Å²) in [6.45, 7) is 2.23. The first-order valence-corrected chi connectivity index (χ1v) is 8.29. The minimum Gasteiger partial charge on any atom is -0.481 e. The second kappa shape index (κ2) is 19.7. The van der Waals surface area contributed by atoms with E-state index in [0.717, 1.165) is 25.7 Å². The first-order chi connectivity index (χ1) is 9.77. The van der Waals surface area contributed by atoms with Gasteiger partial charge in [-0.2, -0.15) is 0 Å². The number of carboxylic acids is 1. The maximum atomic E-state index is 10.3. The van der Waals surface area contributed by atoms with Crippen molar-refractivity contribution < 1.29 is 31.6 Å². The molecule has 0 aliphatic rings. The molecule has 0 aromatic carbocycles. The molecule has 0 saturated heterocycles. The Kier molecular flexibility index (Phi) is 21.5. The average molecular weight is 328 g/mol. The summed E-state index contributed by atoms with van der Waals surface area (Å²) in [6, 6.07) is 0. The van der Waals surface area contributed by atoms with Gasteiger partial charge in [-0.15, -0.1) is 0 Å². The molecule has 0 aromatic rings. The van der Waals surface area contributed by atoms with E-state index in [4.69, 9.17) is 5.11 Å². The van der Waals surface area contributed by atoms with Crippen molar-refractivity contribution in [3.8, 4) is 0 Å². The molecule has 120 valence electrons. The van der Waals surface area contributed by atoms with Crippen LogP contribution >= 0.6 is 0 Å². The number of hydrogen-bond acceptors (Lipinski definition) is 1. The molecule has 0 radical (unpaired) electrons. The van der Waals surface area contributed by atoms with Crippen LogP contribution in [-0.4, -0.2) is 11.1 Å². The van der Waals surface area contributed by atoms with Gasteiger partial charge in [-0.3, -0.25) is 4.79 Å². The van der Waals surface area contributed by atoms with Crippen molar-refractivity contribution in [3.63, 3.8) is 0 Å². The quantitative estimate of drug-likeness (QED) is 0.245. The molecule has 0 aliphatic heterocycles. The Balaban J connectivity index is 0. The Morgan fingerprint density at radius 2 is 1.33 bits per heavy atom. The van der Waals surface area contributed by atoms with Crippen molar-refractivity contribution in [2.24, 2.45) is 0 Å². The van der Waals surface area contributed by atoms with Gasteiger partial charge in [0, 0.05) is 28.1 Å². The van der Waals surface area contributed by atoms with E-state index in [9.17, 15) is 4.79 Å². The third kappa shape index (κ3) is 22.1. The van der Waals surface area contributed by atoms with Crippen LogP contribution in [-0.2, 0) is 26.5 Å². The number of rotatable bonds is 14. The molecule has 1 N–H and O–H groups in total. The second-order valence-electron chi connectivity index (χ2n) is 5.37. The van der Waals surface area contributed by atoms with Crippen LogP contribution in [0.3, 0.4) is 0 Å². The predicted molar refractivity (Wildman–Crippen MR) is 87.0 cm³/mol. The van der Waals surface area contributed by atoms with E-state index in [1.165, 1.54) is 44.9 Å². The molecule has 0 aromatic heterocycles. The van der Waals surface area contributed by atoms with E-state index in [0.29, 0.717) is 6.42 Å². The zero-order valence-corrected chi connectivity index (χ0v) is 15.2. The van der Waals surface area contributed by atoms with Crippen molar-refractivity contribution in [2.75, 3.05) is 0 Å². The van der Waals surface area contributed by atoms with Gasteiger partial charge in [0.2, 0.25) is 0 Å². The summed E-state index contributed by atoms with van der Waals surface area (Å²) in [5.74, 6) is -0.671. The van der Waals surface area contributed by atoms with E-state index >= 15 is 0 Å². The molecule has 0 spiro atoms. The van der Waals surface area contributed by atoms with Gasteiger partial charge < -0.3 is 5.11 Å². The summed E-state index contributed by atoms with van der Waals surface area (Å²) in [5.41, 5.74) is 0. The summed E-state index contributed by atoms with van der Waals surface area (Å²) in [6.07, 6.45) is 22.3. The average Bonchev–Trinajstić information content (AvgIpc) is 2.43. The third-order valence-corrected chi connectivity index (χ3v) is 3.34. The smallest absolute Gasteiger partial charge is 0.303 e. The minimum absolute atomic E-state index is 0. The van der Waals surface area contributed by atoms with Crippen LogP contribution in [0.5, 0.6) is 0 Å². The Hall–Kier alpha value is -0.336. The number of hydrogen-bond donors (Lipinski definition) is 1. The van der Waals surface area contributed by atoms with E-state index in [1.54, 1.807) is 0 Å². The number of carbonyl (C=O) groups is 1. The van der Waals surface area contributed by atoms with Crippen LogP contribution in [0.2, 0.25) is 0 Å². The maximum absolute atomic E-state index is 10.3. The van der Waals surface area contributed by atoms with Gasteiger partial charge >= 0.3 is 5.97 Å². The molecule has 0 bridgehead atoms. The number of carboxylic acid groups (broad SMARTS) is 1. The van der Waals surface area contributed by atoms with Crippen LogP contribution in [0.15, 0.2) is 24.3 Å². The van der Waals surface area contributed by atoms with Crippen LogP contribution in [0, 0.1) is 0 Å². The summed E-state index contributed by atoms with van der Waals surface area (Å²) in [5, 5.41) is 8.50. The van der Waals surface area contributed by atoms with Crippen LogP contribution in [0.4, 0.5) is 0 Å². The van der Waals surface area contributed by atoms with Gasteiger partial charge in [-0.05, 0) is 38.5 Å². The molecule has 0 amide bonds. The Labute approximate surface area is 146 Å². The molecule has 0 saturated carbocycles. The molecule has 0 heterocycles. The summed E-state index contributed by atoms with van der Waals surface area (Å²) >= 11 is 0. The van der Waals surface area contributed by atoms with Gasteiger partial charge in [-0.1, -0.05) is 63.3 Å². The first kappa shape index (κ1) is 22.9. The number of aliphatic carboxylic acids is 1. The second-order valence-corrected chi connectivity index (χ2v) is 5.37. The van der Waals surface area contributed by atoms with E-state index in [1.807, 2.05) is 0 Å². The molecular formula is C18H32O2Ti. The fraction of sp³-hybridized carbons (Fsp3) is 0.722. The molecule has 0 unspecified atom stereocenters. The Bertz CT molecular complexity index is 272. The van der Waals surface area contributed by atoms with Crippen molar-refractivity contribution in [1.82, 2.24) is 0 Å². The summed E-state index contributed by atoms with van der Waals surface area (Å²) in [7, 11) is 0. The largest absolute Gasteiger partial charge is 0.481 e. The summed E-state index contributed by atoms with van der Waals surface area (Å²) < 4.78 is 0. The van der Waals surface area contributed by atoms with Gasteiger partial charge in [0.1, 0.15) is 0 Å². The first-order valence-electron chi connectivity index (χ1n) is 8.29. The van der Waals surface area contributed by atoms with Gasteiger partial charge in [0.15, 0.2) is 0 Å². The van der Waals surface area contributed by atoms with Crippen molar-refractivity contribution in [2.45, 2.75) is 84.0 Å². The van der Waals surface area contributed by atoms with Crippen LogP contribution in [0.1, 0.15) is 84.0 Å². The SMILES string of the molecule is CCCCC/C=C\C/C=C\CCCCCCCC(=O)O.[Ti]. The zero-order valence-electron chi connectivity index (χ0n) is 13.7. The van der Waals surface area contributed by atoms with Crippen LogP contribution < -0.4 is 0 Å². The number of unbranched alkanes of at least 4 members (excludes halogenated alkanes) is 8. The standard InChI is InChI=1S/C18H32O2.Ti/c1-2-3-4-5-6-7-8-9-10-11-12-13-14-15-16-17-18(19)20;/h6-7,9-10H,2-5,8,11-17H2,1H3,(H,19,20);/b7-6-,10-9-;. The fourth-order valence-corrected chi connectivity index (χ4v) is 2.09. The normalized spacial score (nSPS) is 11.1. The maximum Gasteiger partial charge on any atom is 0.303 e. The molecule has 3 heteroatoms.